The molecular formula is C121H135O7S5+5. The maximum Gasteiger partial charge on any atom is 0.166 e. The summed E-state index contributed by atoms with van der Waals surface area (Å²) >= 11 is 0. The maximum atomic E-state index is 9.48. The highest BCUT2D eigenvalue weighted by Crippen LogP contribution is 2.41. The van der Waals surface area contributed by atoms with Gasteiger partial charge in [0.1, 0.15) is 68.3 Å². The molecule has 1 aliphatic rings. The van der Waals surface area contributed by atoms with Gasteiger partial charge in [0, 0.05) is 0 Å². The van der Waals surface area contributed by atoms with Crippen LogP contribution in [0.3, 0.4) is 0 Å². The summed E-state index contributed by atoms with van der Waals surface area (Å²) in [5.74, 6) is 5.80. The quantitative estimate of drug-likeness (QED) is 0.0640. The molecular weight excluding hydrogens is 1730 g/mol. The number of phenols is 1. The Balaban J connectivity index is 0.000000151. The summed E-state index contributed by atoms with van der Waals surface area (Å²) in [6, 6.07) is 141. The number of aryl methyl sites for hydroxylation is 1. The van der Waals surface area contributed by atoms with E-state index in [1.807, 2.05) is 24.3 Å². The Morgan fingerprint density at radius 1 is 0.218 bits per heavy atom. The summed E-state index contributed by atoms with van der Waals surface area (Å²) in [5.41, 5.74) is 1.92. The molecule has 0 aliphatic heterocycles. The van der Waals surface area contributed by atoms with Crippen LogP contribution >= 0.6 is 0 Å². The van der Waals surface area contributed by atoms with E-state index in [2.05, 4.69) is 496 Å². The van der Waals surface area contributed by atoms with E-state index >= 15 is 0 Å². The first-order valence-electron chi connectivity index (χ1n) is 46.1. The minimum Gasteiger partial charge on any atom is -0.508 e. The van der Waals surface area contributed by atoms with Crippen molar-refractivity contribution in [2.45, 2.75) is 271 Å². The Bertz CT molecular complexity index is 5630. The van der Waals surface area contributed by atoms with E-state index < -0.39 is 0 Å². The van der Waals surface area contributed by atoms with Gasteiger partial charge in [0.2, 0.25) is 0 Å². The molecule has 16 rings (SSSR count). The van der Waals surface area contributed by atoms with E-state index in [0.29, 0.717) is 11.9 Å². The predicted octanol–water partition coefficient (Wildman–Crippen LogP) is 32.7. The van der Waals surface area contributed by atoms with Crippen molar-refractivity contribution in [1.29, 1.82) is 0 Å². The average Bonchev–Trinajstić information content (AvgIpc) is 0.901. The molecule has 0 heterocycles. The van der Waals surface area contributed by atoms with Gasteiger partial charge in [0.15, 0.2) is 73.4 Å². The van der Waals surface area contributed by atoms with Crippen LogP contribution in [0, 0.1) is 12.3 Å². The molecule has 0 amide bonds. The molecule has 686 valence electrons. The minimum absolute atomic E-state index is 0.0824. The van der Waals surface area contributed by atoms with Crippen LogP contribution in [0.25, 0.3) is 0 Å². The second-order valence-corrected chi connectivity index (χ2v) is 49.2. The standard InChI is InChI=1S/C31H41O2S.C26H31O2S.C23H23OS.C23H25OS.C18H14OS/c1-29(2,3)22-23-10-16-26(17-11-23)34(27-18-12-24(13-19-27)32-30(4,5)6)28-20-14-25(15-21-28)33-31(7,8)9;1-25(2,3)27-20-12-16-23(17-13-20)29(22-10-8-7-9-11-22)24-18-14-21(15-19-24)28-26(4,5)6;1-3-11-21(12-4-1)25(22-13-5-2-6-14-22)23-17-15-20(16-18-23)24-19-9-7-8-10-19;1-18-10-14-21(15-11-18)25(20-8-6-5-7-9-20)22-16-12-19(13-17-22)24-23(2,3)4;19-15-11-13-18(14-12-15)20(16-7-3-1-4-8-16)17-9-5-2-6-10-17/h10-21H,22H2,1-9H3;7-19H,1-6H3;1-6,11-19H,7-10H2;5-17H,1-4H3;1-14H/q4*+1;/p+1. The average molecular weight is 1860 g/mol. The molecule has 0 spiro atoms. The summed E-state index contributed by atoms with van der Waals surface area (Å²) in [6.07, 6.45) is 6.47. The van der Waals surface area contributed by atoms with Crippen LogP contribution < -0.4 is 28.4 Å². The van der Waals surface area contributed by atoms with E-state index in [1.165, 1.54) is 110 Å². The SMILES string of the molecule is CC(C)(C)Cc1ccc([S+](c2ccc(OC(C)(C)C)cc2)c2ccc(OC(C)(C)C)cc2)cc1.CC(C)(C)Oc1ccc([S+](c2ccccc2)c2ccc(OC(C)(C)C)cc2)cc1.Cc1ccc([S+](c2ccccc2)c2ccc(OC(C)(C)C)cc2)cc1.Oc1ccc([S+](c2ccccc2)c2ccccc2)cc1.c1ccc([S+](c2ccccc2)c2ccc(OC3CCCC3)cc2)cc1. The molecule has 0 bridgehead atoms. The van der Waals surface area contributed by atoms with Crippen molar-refractivity contribution in [3.8, 4) is 40.2 Å². The first-order chi connectivity index (χ1) is 63.5. The zero-order valence-corrected chi connectivity index (χ0v) is 85.2. The van der Waals surface area contributed by atoms with Crippen molar-refractivity contribution in [2.75, 3.05) is 0 Å². The maximum absolute atomic E-state index is 9.48. The number of rotatable bonds is 23. The zero-order valence-electron chi connectivity index (χ0n) is 81.2. The highest BCUT2D eigenvalue weighted by molar-refractivity contribution is 7.98. The summed E-state index contributed by atoms with van der Waals surface area (Å²) in [6.45, 7) is 40.0. The normalized spacial score (nSPS) is 12.6. The van der Waals surface area contributed by atoms with Gasteiger partial charge in [-0.2, -0.15) is 0 Å². The molecule has 0 radical (unpaired) electrons. The summed E-state index contributed by atoms with van der Waals surface area (Å²) in [4.78, 5) is 19.4. The third kappa shape index (κ3) is 32.8. The number of hydrogen-bond acceptors (Lipinski definition) is 7. The second-order valence-electron chi connectivity index (χ2n) is 39.0. The topological polar surface area (TPSA) is 75.6 Å². The Kier molecular flexibility index (Phi) is 35.6. The Labute approximate surface area is 809 Å². The van der Waals surface area contributed by atoms with Gasteiger partial charge in [-0.25, -0.2) is 0 Å². The van der Waals surface area contributed by atoms with Crippen molar-refractivity contribution in [1.82, 2.24) is 0 Å². The number of hydrogen-bond donors (Lipinski definition) is 1. The molecule has 1 aliphatic carbocycles. The molecule has 0 saturated heterocycles. The van der Waals surface area contributed by atoms with Crippen molar-refractivity contribution in [3.63, 3.8) is 0 Å². The summed E-state index contributed by atoms with van der Waals surface area (Å²) in [7, 11) is -0.735. The molecule has 1 unspecified atom stereocenters. The number of phenolic OH excluding ortho intramolecular Hbond substituents is 1. The monoisotopic (exact) mass is 1860 g/mol. The molecule has 1 N–H and O–H groups in total. The molecule has 1 atom stereocenters. The minimum atomic E-state index is -0.220. The molecule has 133 heavy (non-hydrogen) atoms. The van der Waals surface area contributed by atoms with E-state index in [9.17, 15) is 5.11 Å². The van der Waals surface area contributed by atoms with Crippen LogP contribution in [0.5, 0.6) is 40.2 Å². The van der Waals surface area contributed by atoms with Gasteiger partial charge in [-0.3, -0.25) is 0 Å². The van der Waals surface area contributed by atoms with E-state index in [-0.39, 0.29) is 87.9 Å². The van der Waals surface area contributed by atoms with Crippen molar-refractivity contribution >= 4 is 54.5 Å². The Morgan fingerprint density at radius 2 is 0.391 bits per heavy atom. The fourth-order valence-electron chi connectivity index (χ4n) is 14.8. The Hall–Kier alpha value is -11.4. The fourth-order valence-corrected chi connectivity index (χ4v) is 25.2. The first kappa shape index (κ1) is 101. The second kappa shape index (κ2) is 47.0. The largest absolute Gasteiger partial charge is 0.508 e. The fraction of sp³-hybridized carbons (Fsp3) is 0.256. The predicted molar refractivity (Wildman–Crippen MR) is 562 cm³/mol. The van der Waals surface area contributed by atoms with E-state index in [0.717, 1.165) is 40.9 Å². The van der Waals surface area contributed by atoms with Gasteiger partial charge < -0.3 is 33.5 Å². The lowest BCUT2D eigenvalue weighted by Gasteiger charge is -2.21. The van der Waals surface area contributed by atoms with Gasteiger partial charge in [-0.05, 0) is 421 Å². The van der Waals surface area contributed by atoms with Gasteiger partial charge in [0.25, 0.3) is 0 Å². The van der Waals surface area contributed by atoms with Crippen LogP contribution in [-0.2, 0) is 60.9 Å². The number of aromatic hydroxyl groups is 1. The van der Waals surface area contributed by atoms with E-state index in [1.54, 1.807) is 12.1 Å². The number of benzene rings is 15. The lowest BCUT2D eigenvalue weighted by Crippen LogP contribution is -2.23. The van der Waals surface area contributed by atoms with Crippen molar-refractivity contribution in [2.24, 2.45) is 5.41 Å². The molecule has 0 aromatic heterocycles. The lowest BCUT2D eigenvalue weighted by atomic mass is 9.88. The summed E-state index contributed by atoms with van der Waals surface area (Å²) < 4.78 is 36.2. The van der Waals surface area contributed by atoms with Gasteiger partial charge in [0.05, 0.1) is 60.6 Å². The molecule has 15 aromatic rings. The Morgan fingerprint density at radius 3 is 0.586 bits per heavy atom. The third-order valence-electron chi connectivity index (χ3n) is 20.2. The van der Waals surface area contributed by atoms with Crippen molar-refractivity contribution < 1.29 is 33.5 Å². The molecule has 1 fully saturated rings. The van der Waals surface area contributed by atoms with Crippen molar-refractivity contribution in [3.05, 3.63) is 412 Å². The molecule has 15 aromatic carbocycles. The molecule has 1 saturated carbocycles. The molecule has 12 heteroatoms. The van der Waals surface area contributed by atoms with Crippen LogP contribution in [-0.4, -0.2) is 39.2 Å². The van der Waals surface area contributed by atoms with Gasteiger partial charge in [-0.1, -0.05) is 160 Å². The third-order valence-corrected chi connectivity index (χ3v) is 31.3. The molecule has 7 nitrogen and oxygen atoms in total. The highest BCUT2D eigenvalue weighted by atomic mass is 32.2. The van der Waals surface area contributed by atoms with Crippen LogP contribution in [0.4, 0.5) is 0 Å². The summed E-state index contributed by atoms with van der Waals surface area (Å²) in [5, 5.41) is 9.48. The van der Waals surface area contributed by atoms with Crippen LogP contribution in [0.1, 0.15) is 161 Å². The van der Waals surface area contributed by atoms with E-state index in [4.69, 9.17) is 28.4 Å². The number of ether oxygens (including phenoxy) is 6. The van der Waals surface area contributed by atoms with Gasteiger partial charge in [-0.15, -0.1) is 0 Å². The zero-order chi connectivity index (χ0) is 94.8. The first-order valence-corrected chi connectivity index (χ1v) is 52.3. The highest BCUT2D eigenvalue weighted by Gasteiger charge is 2.35. The smallest absolute Gasteiger partial charge is 0.166 e. The van der Waals surface area contributed by atoms with Crippen LogP contribution in [0.15, 0.2) is 474 Å². The van der Waals surface area contributed by atoms with Crippen LogP contribution in [0.2, 0.25) is 0 Å². The van der Waals surface area contributed by atoms with Gasteiger partial charge >= 0.3 is 0 Å². The lowest BCUT2D eigenvalue weighted by molar-refractivity contribution is 0.130.